The Morgan fingerprint density at radius 1 is 1.18 bits per heavy atom. The quantitative estimate of drug-likeness (QED) is 0.717. The first-order chi connectivity index (χ1) is 10.5. The predicted octanol–water partition coefficient (Wildman–Crippen LogP) is 4.77. The Morgan fingerprint density at radius 2 is 1.86 bits per heavy atom. The van der Waals surface area contributed by atoms with Crippen LogP contribution in [-0.2, 0) is 9.53 Å². The number of carbonyl (C=O) groups excluding carboxylic acids is 1. The minimum absolute atomic E-state index is 0.0755. The molecule has 0 N–H and O–H groups in total. The fourth-order valence-electron chi connectivity index (χ4n) is 2.16. The smallest absolute Gasteiger partial charge is 0.165 e. The number of alkyl halides is 1. The van der Waals surface area contributed by atoms with E-state index in [9.17, 15) is 9.18 Å². The molecule has 0 spiro atoms. The van der Waals surface area contributed by atoms with Crippen LogP contribution in [0.15, 0.2) is 48.5 Å². The highest BCUT2D eigenvalue weighted by atomic mass is 35.5. The second-order valence-electron chi connectivity index (χ2n) is 5.15. The monoisotopic (exact) mass is 320 g/mol. The first kappa shape index (κ1) is 16.7. The lowest BCUT2D eigenvalue weighted by Crippen LogP contribution is -2.18. The van der Waals surface area contributed by atoms with Crippen molar-refractivity contribution in [3.05, 3.63) is 59.9 Å². The van der Waals surface area contributed by atoms with Gasteiger partial charge in [-0.25, -0.2) is 4.39 Å². The summed E-state index contributed by atoms with van der Waals surface area (Å²) in [6, 6.07) is 14.2. The van der Waals surface area contributed by atoms with E-state index in [1.165, 1.54) is 6.07 Å². The van der Waals surface area contributed by atoms with Crippen molar-refractivity contribution in [3.63, 3.8) is 0 Å². The molecule has 0 aliphatic carbocycles. The lowest BCUT2D eigenvalue weighted by molar-refractivity contribution is -0.125. The van der Waals surface area contributed by atoms with Crippen LogP contribution >= 0.6 is 11.6 Å². The molecule has 2 atom stereocenters. The van der Waals surface area contributed by atoms with Gasteiger partial charge in [0, 0.05) is 11.5 Å². The molecule has 2 aromatic rings. The molecule has 0 amide bonds. The Bertz CT molecular complexity index is 641. The van der Waals surface area contributed by atoms with Crippen molar-refractivity contribution in [2.75, 3.05) is 6.61 Å². The van der Waals surface area contributed by atoms with E-state index in [-0.39, 0.29) is 18.2 Å². The molecule has 0 bridgehead atoms. The molecule has 116 valence electrons. The van der Waals surface area contributed by atoms with Gasteiger partial charge in [0.2, 0.25) is 0 Å². The summed E-state index contributed by atoms with van der Waals surface area (Å²) >= 11 is 5.65. The van der Waals surface area contributed by atoms with E-state index in [2.05, 4.69) is 0 Å². The number of Topliss-reactive ketones (excluding diaryl/α,β-unsaturated/α-hetero) is 1. The average Bonchev–Trinajstić information content (AvgIpc) is 2.52. The Labute approximate surface area is 134 Å². The van der Waals surface area contributed by atoms with Crippen LogP contribution in [-0.4, -0.2) is 18.0 Å². The zero-order valence-corrected chi connectivity index (χ0v) is 13.3. The molecule has 4 heteroatoms. The summed E-state index contributed by atoms with van der Waals surface area (Å²) in [5, 5.41) is 0. The lowest BCUT2D eigenvalue weighted by Gasteiger charge is -2.13. The van der Waals surface area contributed by atoms with E-state index < -0.39 is 11.5 Å². The van der Waals surface area contributed by atoms with Crippen LogP contribution in [0.25, 0.3) is 11.1 Å². The van der Waals surface area contributed by atoms with Crippen molar-refractivity contribution in [1.82, 2.24) is 0 Å². The molecule has 0 fully saturated rings. The van der Waals surface area contributed by atoms with Gasteiger partial charge in [0.15, 0.2) is 5.78 Å². The molecule has 2 unspecified atom stereocenters. The van der Waals surface area contributed by atoms with Crippen molar-refractivity contribution >= 4 is 17.4 Å². The van der Waals surface area contributed by atoms with Gasteiger partial charge >= 0.3 is 0 Å². The molecule has 2 rings (SSSR count). The molecular formula is C18H18ClFO2. The van der Waals surface area contributed by atoms with Crippen molar-refractivity contribution in [3.8, 4) is 11.1 Å². The fraction of sp³-hybridized carbons (Fsp3) is 0.278. The third-order valence-corrected chi connectivity index (χ3v) is 3.64. The first-order valence-corrected chi connectivity index (χ1v) is 7.56. The van der Waals surface area contributed by atoms with E-state index in [4.69, 9.17) is 16.3 Å². The van der Waals surface area contributed by atoms with Gasteiger partial charge in [-0.05, 0) is 24.1 Å². The molecule has 0 saturated carbocycles. The number of hydrogen-bond donors (Lipinski definition) is 0. The summed E-state index contributed by atoms with van der Waals surface area (Å²) in [7, 11) is 0. The summed E-state index contributed by atoms with van der Waals surface area (Å²) < 4.78 is 19.4. The first-order valence-electron chi connectivity index (χ1n) is 7.12. The number of rotatable bonds is 6. The number of hydrogen-bond acceptors (Lipinski definition) is 2. The average molecular weight is 321 g/mol. The normalized spacial score (nSPS) is 13.6. The van der Waals surface area contributed by atoms with Crippen molar-refractivity contribution in [1.29, 1.82) is 0 Å². The van der Waals surface area contributed by atoms with E-state index in [0.29, 0.717) is 11.1 Å². The van der Waals surface area contributed by atoms with Crippen LogP contribution in [0.3, 0.4) is 0 Å². The topological polar surface area (TPSA) is 26.3 Å². The maximum absolute atomic E-state index is 14.3. The molecule has 0 aliphatic heterocycles. The zero-order chi connectivity index (χ0) is 16.1. The van der Waals surface area contributed by atoms with Gasteiger partial charge in [-0.3, -0.25) is 4.79 Å². The molecule has 0 heterocycles. The summed E-state index contributed by atoms with van der Waals surface area (Å²) in [6.45, 7) is 3.31. The molecule has 0 saturated heterocycles. The molecule has 2 aromatic carbocycles. The van der Waals surface area contributed by atoms with E-state index >= 15 is 0 Å². The highest BCUT2D eigenvalue weighted by molar-refractivity contribution is 6.19. The van der Waals surface area contributed by atoms with Crippen LogP contribution in [0, 0.1) is 5.82 Å². The van der Waals surface area contributed by atoms with Gasteiger partial charge in [0.25, 0.3) is 0 Å². The summed E-state index contributed by atoms with van der Waals surface area (Å²) in [6.07, 6.45) is 0. The Morgan fingerprint density at radius 3 is 2.45 bits per heavy atom. The van der Waals surface area contributed by atoms with Gasteiger partial charge in [-0.2, -0.15) is 0 Å². The van der Waals surface area contributed by atoms with Gasteiger partial charge in [-0.1, -0.05) is 61.0 Å². The summed E-state index contributed by atoms with van der Waals surface area (Å²) in [5.41, 5.74) is 1.45. The van der Waals surface area contributed by atoms with Gasteiger partial charge < -0.3 is 4.74 Å². The van der Waals surface area contributed by atoms with E-state index in [1.807, 2.05) is 30.3 Å². The maximum Gasteiger partial charge on any atom is 0.165 e. The molecule has 2 nitrogen and oxygen atoms in total. The second kappa shape index (κ2) is 7.52. The SMILES string of the molecule is CC(Cl)OCC(=O)C(C)c1ccc(-c2ccccc2)c(F)c1. The largest absolute Gasteiger partial charge is 0.355 e. The number of carbonyl (C=O) groups is 1. The standard InChI is InChI=1S/C18H18ClFO2/c1-12(18(21)11-22-13(2)19)15-8-9-16(17(20)10-15)14-6-4-3-5-7-14/h3-10,12-13H,11H2,1-2H3. The number of ether oxygens (including phenoxy) is 1. The Balaban J connectivity index is 2.17. The third kappa shape index (κ3) is 4.15. The summed E-state index contributed by atoms with van der Waals surface area (Å²) in [5.74, 6) is -0.899. The van der Waals surface area contributed by atoms with Gasteiger partial charge in [-0.15, -0.1) is 0 Å². The number of halogens is 2. The Kier molecular flexibility index (Phi) is 5.69. The van der Waals surface area contributed by atoms with E-state index in [1.54, 1.807) is 26.0 Å². The third-order valence-electron chi connectivity index (χ3n) is 3.52. The van der Waals surface area contributed by atoms with Crippen molar-refractivity contribution < 1.29 is 13.9 Å². The molecule has 0 aliphatic rings. The molecule has 0 radical (unpaired) electrons. The summed E-state index contributed by atoms with van der Waals surface area (Å²) in [4.78, 5) is 12.0. The highest BCUT2D eigenvalue weighted by Crippen LogP contribution is 2.26. The van der Waals surface area contributed by atoms with Crippen LogP contribution in [0.4, 0.5) is 4.39 Å². The van der Waals surface area contributed by atoms with Crippen molar-refractivity contribution in [2.24, 2.45) is 0 Å². The van der Waals surface area contributed by atoms with Crippen LogP contribution in [0.2, 0.25) is 0 Å². The Hall–Kier alpha value is -1.71. The highest BCUT2D eigenvalue weighted by Gasteiger charge is 2.18. The van der Waals surface area contributed by atoms with E-state index in [0.717, 1.165) is 5.56 Å². The minimum Gasteiger partial charge on any atom is -0.355 e. The lowest BCUT2D eigenvalue weighted by atomic mass is 9.94. The number of ketones is 1. The fourth-order valence-corrected chi connectivity index (χ4v) is 2.22. The van der Waals surface area contributed by atoms with Crippen LogP contribution < -0.4 is 0 Å². The van der Waals surface area contributed by atoms with Gasteiger partial charge in [0.05, 0.1) is 0 Å². The molecule has 22 heavy (non-hydrogen) atoms. The zero-order valence-electron chi connectivity index (χ0n) is 12.6. The predicted molar refractivity (Wildman–Crippen MR) is 86.5 cm³/mol. The molecule has 0 aromatic heterocycles. The van der Waals surface area contributed by atoms with Crippen LogP contribution in [0.1, 0.15) is 25.3 Å². The van der Waals surface area contributed by atoms with Crippen molar-refractivity contribution in [2.45, 2.75) is 25.3 Å². The minimum atomic E-state index is -0.520. The second-order valence-corrected chi connectivity index (χ2v) is 5.76. The van der Waals surface area contributed by atoms with Gasteiger partial charge in [0.1, 0.15) is 18.0 Å². The van der Waals surface area contributed by atoms with Crippen LogP contribution in [0.5, 0.6) is 0 Å². The molecular weight excluding hydrogens is 303 g/mol. The maximum atomic E-state index is 14.3. The number of benzene rings is 2.